The highest BCUT2D eigenvalue weighted by atomic mass is 16.5. The first-order valence-corrected chi connectivity index (χ1v) is 7.40. The molecule has 1 saturated heterocycles. The smallest absolute Gasteiger partial charge is 0.325 e. The number of carbonyl (C=O) groups is 3. The fraction of sp³-hybridized carbons (Fsp3) is 0.800. The fourth-order valence-electron chi connectivity index (χ4n) is 2.43. The molecule has 0 bridgehead atoms. The Hall–Kier alpha value is -1.59. The van der Waals surface area contributed by atoms with E-state index in [9.17, 15) is 14.4 Å². The summed E-state index contributed by atoms with van der Waals surface area (Å²) in [6, 6.07) is -0.462. The van der Waals surface area contributed by atoms with Crippen LogP contribution >= 0.6 is 0 Å². The number of amides is 2. The number of carbonyl (C=O) groups excluding carboxylic acids is 3. The molecular formula is C15H26N2O4. The van der Waals surface area contributed by atoms with Crippen LogP contribution in [-0.2, 0) is 19.1 Å². The van der Waals surface area contributed by atoms with Gasteiger partial charge in [-0.05, 0) is 19.8 Å². The first kappa shape index (κ1) is 17.5. The number of rotatable bonds is 4. The molecule has 1 unspecified atom stereocenters. The van der Waals surface area contributed by atoms with Crippen molar-refractivity contribution in [2.45, 2.75) is 46.6 Å². The highest BCUT2D eigenvalue weighted by molar-refractivity contribution is 5.91. The first-order chi connectivity index (χ1) is 9.68. The van der Waals surface area contributed by atoms with Crippen molar-refractivity contribution in [1.82, 2.24) is 9.80 Å². The molecule has 0 radical (unpaired) electrons. The third kappa shape index (κ3) is 4.44. The summed E-state index contributed by atoms with van der Waals surface area (Å²) in [5.41, 5.74) is -0.511. The van der Waals surface area contributed by atoms with Crippen LogP contribution in [0.1, 0.15) is 40.5 Å². The normalized spacial score (nSPS) is 18.5. The van der Waals surface area contributed by atoms with Gasteiger partial charge in [-0.3, -0.25) is 14.4 Å². The van der Waals surface area contributed by atoms with Crippen molar-refractivity contribution in [3.05, 3.63) is 0 Å². The molecule has 1 aliphatic heterocycles. The van der Waals surface area contributed by atoms with Gasteiger partial charge in [-0.15, -0.1) is 0 Å². The number of hydrogen-bond donors (Lipinski definition) is 0. The molecule has 0 N–H and O–H groups in total. The molecule has 120 valence electrons. The minimum absolute atomic E-state index is 0.0251. The third-order valence-corrected chi connectivity index (χ3v) is 3.49. The van der Waals surface area contributed by atoms with E-state index in [0.29, 0.717) is 19.6 Å². The molecule has 0 saturated carbocycles. The quantitative estimate of drug-likeness (QED) is 0.728. The summed E-state index contributed by atoms with van der Waals surface area (Å²) in [5, 5.41) is 0. The Kier molecular flexibility index (Phi) is 5.75. The van der Waals surface area contributed by atoms with E-state index in [1.165, 1.54) is 4.90 Å². The van der Waals surface area contributed by atoms with Crippen molar-refractivity contribution in [3.8, 4) is 0 Å². The maximum Gasteiger partial charge on any atom is 0.325 e. The molecule has 2 amide bonds. The van der Waals surface area contributed by atoms with Crippen molar-refractivity contribution >= 4 is 17.8 Å². The molecule has 6 heteroatoms. The summed E-state index contributed by atoms with van der Waals surface area (Å²) in [5.74, 6) is -0.652. The van der Waals surface area contributed by atoms with E-state index >= 15 is 0 Å². The molecule has 1 atom stereocenters. The number of ether oxygens (including phenoxy) is 1. The number of esters is 1. The second-order valence-corrected chi connectivity index (χ2v) is 6.41. The zero-order valence-corrected chi connectivity index (χ0v) is 13.6. The van der Waals surface area contributed by atoms with Crippen LogP contribution in [-0.4, -0.2) is 60.4 Å². The number of hydrogen-bond acceptors (Lipinski definition) is 4. The Morgan fingerprint density at radius 3 is 2.43 bits per heavy atom. The van der Waals surface area contributed by atoms with Crippen LogP contribution in [0.2, 0.25) is 0 Å². The highest BCUT2D eigenvalue weighted by Crippen LogP contribution is 2.26. The molecule has 21 heavy (non-hydrogen) atoms. The number of likely N-dealkylation sites (tertiary alicyclic amines) is 1. The molecular weight excluding hydrogens is 272 g/mol. The van der Waals surface area contributed by atoms with E-state index in [2.05, 4.69) is 0 Å². The van der Waals surface area contributed by atoms with Crippen molar-refractivity contribution in [3.63, 3.8) is 0 Å². The summed E-state index contributed by atoms with van der Waals surface area (Å²) in [6.07, 6.45) is 1.46. The second-order valence-electron chi connectivity index (χ2n) is 6.41. The van der Waals surface area contributed by atoms with Crippen LogP contribution < -0.4 is 0 Å². The number of nitrogens with zero attached hydrogens (tertiary/aromatic N) is 2. The Balaban J connectivity index is 2.72. The van der Waals surface area contributed by atoms with Gasteiger partial charge in [0.2, 0.25) is 11.8 Å². The van der Waals surface area contributed by atoms with Gasteiger partial charge in [0.25, 0.3) is 0 Å². The summed E-state index contributed by atoms with van der Waals surface area (Å²) >= 11 is 0. The average Bonchev–Trinajstić information content (AvgIpc) is 2.84. The van der Waals surface area contributed by atoms with Gasteiger partial charge in [0.05, 0.1) is 6.61 Å². The van der Waals surface area contributed by atoms with Crippen LogP contribution in [0.3, 0.4) is 0 Å². The molecule has 6 nitrogen and oxygen atoms in total. The second kappa shape index (κ2) is 6.91. The van der Waals surface area contributed by atoms with Gasteiger partial charge in [-0.25, -0.2) is 0 Å². The van der Waals surface area contributed by atoms with Gasteiger partial charge in [-0.2, -0.15) is 0 Å². The molecule has 0 aromatic rings. The highest BCUT2D eigenvalue weighted by Gasteiger charge is 2.39. The lowest BCUT2D eigenvalue weighted by Gasteiger charge is -2.32. The summed E-state index contributed by atoms with van der Waals surface area (Å²) < 4.78 is 4.84. The van der Waals surface area contributed by atoms with Gasteiger partial charge < -0.3 is 14.5 Å². The molecule has 0 aromatic heterocycles. The average molecular weight is 298 g/mol. The monoisotopic (exact) mass is 298 g/mol. The molecule has 1 heterocycles. The minimum Gasteiger partial charge on any atom is -0.465 e. The van der Waals surface area contributed by atoms with Crippen LogP contribution in [0.5, 0.6) is 0 Å². The minimum atomic E-state index is -0.511. The van der Waals surface area contributed by atoms with Gasteiger partial charge in [-0.1, -0.05) is 20.8 Å². The largest absolute Gasteiger partial charge is 0.465 e. The molecule has 0 aliphatic carbocycles. The summed E-state index contributed by atoms with van der Waals surface area (Å²) in [7, 11) is 1.57. The Morgan fingerprint density at radius 1 is 1.29 bits per heavy atom. The topological polar surface area (TPSA) is 66.9 Å². The van der Waals surface area contributed by atoms with Gasteiger partial charge in [0.1, 0.15) is 12.6 Å². The Bertz CT molecular complexity index is 414. The zero-order chi connectivity index (χ0) is 16.2. The fourth-order valence-corrected chi connectivity index (χ4v) is 2.43. The van der Waals surface area contributed by atoms with Crippen LogP contribution in [0.15, 0.2) is 0 Å². The molecule has 1 fully saturated rings. The summed E-state index contributed by atoms with van der Waals surface area (Å²) in [6.45, 7) is 8.06. The van der Waals surface area contributed by atoms with Crippen molar-refractivity contribution < 1.29 is 19.1 Å². The molecule has 0 spiro atoms. The van der Waals surface area contributed by atoms with Crippen LogP contribution in [0.4, 0.5) is 0 Å². The zero-order valence-electron chi connectivity index (χ0n) is 13.6. The van der Waals surface area contributed by atoms with Gasteiger partial charge in [0, 0.05) is 19.0 Å². The molecule has 1 rings (SSSR count). The predicted molar refractivity (Wildman–Crippen MR) is 78.5 cm³/mol. The Morgan fingerprint density at radius 2 is 1.90 bits per heavy atom. The van der Waals surface area contributed by atoms with Crippen molar-refractivity contribution in [1.29, 1.82) is 0 Å². The van der Waals surface area contributed by atoms with Gasteiger partial charge >= 0.3 is 5.97 Å². The SMILES string of the molecule is CCOC(=O)CN(C)C(=O)C1CCCN1C(=O)C(C)(C)C. The maximum absolute atomic E-state index is 12.5. The van der Waals surface area contributed by atoms with Crippen LogP contribution in [0.25, 0.3) is 0 Å². The van der Waals surface area contributed by atoms with Crippen molar-refractivity contribution in [2.75, 3.05) is 26.7 Å². The summed E-state index contributed by atoms with van der Waals surface area (Å²) in [4.78, 5) is 39.3. The molecule has 0 aromatic carbocycles. The Labute approximate surface area is 126 Å². The van der Waals surface area contributed by atoms with Crippen molar-refractivity contribution in [2.24, 2.45) is 5.41 Å². The maximum atomic E-state index is 12.5. The van der Waals surface area contributed by atoms with E-state index in [-0.39, 0.29) is 18.4 Å². The predicted octanol–water partition coefficient (Wildman–Crippen LogP) is 1.04. The number of likely N-dealkylation sites (N-methyl/N-ethyl adjacent to an activating group) is 1. The van der Waals surface area contributed by atoms with Crippen LogP contribution in [0, 0.1) is 5.41 Å². The van der Waals surface area contributed by atoms with Gasteiger partial charge in [0.15, 0.2) is 0 Å². The van der Waals surface area contributed by atoms with E-state index in [1.54, 1.807) is 18.9 Å². The standard InChI is InChI=1S/C15H26N2O4/c1-6-21-12(18)10-16(5)13(19)11-8-7-9-17(11)14(20)15(2,3)4/h11H,6-10H2,1-5H3. The lowest BCUT2D eigenvalue weighted by molar-refractivity contribution is -0.152. The van der Waals surface area contributed by atoms with E-state index in [4.69, 9.17) is 4.74 Å². The van der Waals surface area contributed by atoms with E-state index in [0.717, 1.165) is 6.42 Å². The van der Waals surface area contributed by atoms with E-state index < -0.39 is 17.4 Å². The lowest BCUT2D eigenvalue weighted by Crippen LogP contribution is -2.50. The first-order valence-electron chi connectivity index (χ1n) is 7.40. The van der Waals surface area contributed by atoms with E-state index in [1.807, 2.05) is 20.8 Å². The molecule has 1 aliphatic rings. The third-order valence-electron chi connectivity index (χ3n) is 3.49. The lowest BCUT2D eigenvalue weighted by atomic mass is 9.94.